The molecule has 1 N–H and O–H groups in total. The first-order chi connectivity index (χ1) is 8.59. The van der Waals surface area contributed by atoms with Crippen molar-refractivity contribution in [3.8, 4) is 11.5 Å². The van der Waals surface area contributed by atoms with Crippen molar-refractivity contribution in [1.29, 1.82) is 0 Å². The number of ether oxygens (including phenoxy) is 1. The Morgan fingerprint density at radius 2 is 1.56 bits per heavy atom. The molecule has 0 unspecified atom stereocenters. The molecule has 94 valence electrons. The lowest BCUT2D eigenvalue weighted by Crippen LogP contribution is -2.00. The zero-order chi connectivity index (χ0) is 13.1. The first kappa shape index (κ1) is 12.5. The van der Waals surface area contributed by atoms with Crippen molar-refractivity contribution in [2.45, 2.75) is 13.0 Å². The molecule has 2 rings (SSSR count). The lowest BCUT2D eigenvalue weighted by molar-refractivity contribution is 0.190. The molecule has 1 atom stereocenters. The quantitative estimate of drug-likeness (QED) is 0.897. The van der Waals surface area contributed by atoms with Gasteiger partial charge in [0, 0.05) is 0 Å². The van der Waals surface area contributed by atoms with Gasteiger partial charge in [0.1, 0.15) is 11.6 Å². The van der Waals surface area contributed by atoms with Crippen molar-refractivity contribution < 1.29 is 18.6 Å². The molecule has 4 heteroatoms. The summed E-state index contributed by atoms with van der Waals surface area (Å²) in [6.45, 7) is 1.42. The van der Waals surface area contributed by atoms with Gasteiger partial charge in [0.25, 0.3) is 0 Å². The van der Waals surface area contributed by atoms with Gasteiger partial charge in [0.05, 0.1) is 11.7 Å². The van der Waals surface area contributed by atoms with Crippen LogP contribution in [0.1, 0.15) is 18.6 Å². The molecule has 0 aromatic heterocycles. The van der Waals surface area contributed by atoms with E-state index in [4.69, 9.17) is 4.74 Å². The van der Waals surface area contributed by atoms with Crippen molar-refractivity contribution in [1.82, 2.24) is 0 Å². The van der Waals surface area contributed by atoms with E-state index in [2.05, 4.69) is 0 Å². The fourth-order valence-corrected chi connectivity index (χ4v) is 1.66. The van der Waals surface area contributed by atoms with Crippen LogP contribution in [0, 0.1) is 11.6 Å². The zero-order valence-corrected chi connectivity index (χ0v) is 9.73. The lowest BCUT2D eigenvalue weighted by Gasteiger charge is -2.14. The van der Waals surface area contributed by atoms with Gasteiger partial charge in [-0.05, 0) is 31.2 Å². The summed E-state index contributed by atoms with van der Waals surface area (Å²) in [5, 5.41) is 9.52. The smallest absolute Gasteiger partial charge is 0.165 e. The van der Waals surface area contributed by atoms with E-state index in [0.29, 0.717) is 0 Å². The minimum Gasteiger partial charge on any atom is -0.454 e. The second kappa shape index (κ2) is 5.14. The molecule has 0 radical (unpaired) electrons. The van der Waals surface area contributed by atoms with E-state index in [0.717, 1.165) is 0 Å². The Balaban J connectivity index is 2.41. The number of hydrogen-bond donors (Lipinski definition) is 1. The third kappa shape index (κ3) is 2.49. The third-order valence-electron chi connectivity index (χ3n) is 2.49. The molecular weight excluding hydrogens is 238 g/mol. The molecule has 2 aromatic rings. The van der Waals surface area contributed by atoms with E-state index in [-0.39, 0.29) is 17.1 Å². The number of aliphatic hydroxyl groups excluding tert-OH is 1. The topological polar surface area (TPSA) is 29.5 Å². The molecule has 0 saturated carbocycles. The zero-order valence-electron chi connectivity index (χ0n) is 9.73. The minimum absolute atomic E-state index is 0.00926. The molecular formula is C14H12F2O2. The first-order valence-electron chi connectivity index (χ1n) is 5.48. The van der Waals surface area contributed by atoms with E-state index in [1.807, 2.05) is 0 Å². The summed E-state index contributed by atoms with van der Waals surface area (Å²) in [5.41, 5.74) is 0.0146. The van der Waals surface area contributed by atoms with Crippen molar-refractivity contribution in [3.05, 3.63) is 59.7 Å². The summed E-state index contributed by atoms with van der Waals surface area (Å²) in [6.07, 6.45) is -1.03. The Morgan fingerprint density at radius 3 is 2.22 bits per heavy atom. The molecule has 2 nitrogen and oxygen atoms in total. The Kier molecular flexibility index (Phi) is 3.58. The highest BCUT2D eigenvalue weighted by atomic mass is 19.1. The van der Waals surface area contributed by atoms with Crippen LogP contribution in [0.5, 0.6) is 11.5 Å². The predicted molar refractivity (Wildman–Crippen MR) is 63.5 cm³/mol. The maximum absolute atomic E-state index is 13.6. The van der Waals surface area contributed by atoms with Crippen LogP contribution >= 0.6 is 0 Å². The summed E-state index contributed by atoms with van der Waals surface area (Å²) >= 11 is 0. The van der Waals surface area contributed by atoms with Gasteiger partial charge in [-0.25, -0.2) is 8.78 Å². The molecule has 0 amide bonds. The number of hydrogen-bond acceptors (Lipinski definition) is 2. The molecule has 0 saturated heterocycles. The van der Waals surface area contributed by atoms with Gasteiger partial charge in [-0.2, -0.15) is 0 Å². The standard InChI is InChI=1S/C14H12F2O2/c1-9(17)14-11(16)6-4-8-13(14)18-12-7-3-2-5-10(12)15/h2-9,17H,1H3/t9-/m1/s1. The van der Waals surface area contributed by atoms with Gasteiger partial charge >= 0.3 is 0 Å². The fourth-order valence-electron chi connectivity index (χ4n) is 1.66. The summed E-state index contributed by atoms with van der Waals surface area (Å²) in [6, 6.07) is 9.97. The number of halogens is 2. The molecule has 0 aliphatic rings. The largest absolute Gasteiger partial charge is 0.454 e. The average molecular weight is 250 g/mol. The molecule has 0 bridgehead atoms. The minimum atomic E-state index is -1.03. The lowest BCUT2D eigenvalue weighted by atomic mass is 10.1. The van der Waals surface area contributed by atoms with Gasteiger partial charge in [-0.1, -0.05) is 18.2 Å². The molecule has 18 heavy (non-hydrogen) atoms. The normalized spacial score (nSPS) is 12.2. The molecule has 0 fully saturated rings. The van der Waals surface area contributed by atoms with Gasteiger partial charge in [-0.15, -0.1) is 0 Å². The number of aliphatic hydroxyl groups is 1. The summed E-state index contributed by atoms with van der Waals surface area (Å²) < 4.78 is 32.3. The van der Waals surface area contributed by atoms with Gasteiger partial charge in [-0.3, -0.25) is 0 Å². The van der Waals surface area contributed by atoms with E-state index >= 15 is 0 Å². The summed E-state index contributed by atoms with van der Waals surface area (Å²) in [5.74, 6) is -1.03. The maximum Gasteiger partial charge on any atom is 0.165 e. The van der Waals surface area contributed by atoms with Crippen LogP contribution in [0.25, 0.3) is 0 Å². The number of benzene rings is 2. The maximum atomic E-state index is 13.6. The highest BCUT2D eigenvalue weighted by Crippen LogP contribution is 2.32. The highest BCUT2D eigenvalue weighted by Gasteiger charge is 2.16. The Bertz CT molecular complexity index is 553. The van der Waals surface area contributed by atoms with E-state index in [9.17, 15) is 13.9 Å². The summed E-state index contributed by atoms with van der Waals surface area (Å²) in [7, 11) is 0. The fraction of sp³-hybridized carbons (Fsp3) is 0.143. The van der Waals surface area contributed by atoms with Crippen LogP contribution in [-0.4, -0.2) is 5.11 Å². The SMILES string of the molecule is C[C@@H](O)c1c(F)cccc1Oc1ccccc1F. The average Bonchev–Trinajstić information content (AvgIpc) is 2.31. The van der Waals surface area contributed by atoms with E-state index < -0.39 is 17.7 Å². The van der Waals surface area contributed by atoms with Crippen LogP contribution in [-0.2, 0) is 0 Å². The molecule has 0 spiro atoms. The Hall–Kier alpha value is -1.94. The number of rotatable bonds is 3. The molecule has 0 aliphatic heterocycles. The van der Waals surface area contributed by atoms with Crippen LogP contribution < -0.4 is 4.74 Å². The van der Waals surface area contributed by atoms with Crippen LogP contribution in [0.2, 0.25) is 0 Å². The van der Waals surface area contributed by atoms with Crippen molar-refractivity contribution >= 4 is 0 Å². The molecule has 0 aliphatic carbocycles. The van der Waals surface area contributed by atoms with Crippen molar-refractivity contribution in [2.24, 2.45) is 0 Å². The van der Waals surface area contributed by atoms with E-state index in [1.165, 1.54) is 43.3 Å². The van der Waals surface area contributed by atoms with Crippen molar-refractivity contribution in [3.63, 3.8) is 0 Å². The van der Waals surface area contributed by atoms with Gasteiger partial charge in [0.15, 0.2) is 11.6 Å². The first-order valence-corrected chi connectivity index (χ1v) is 5.48. The van der Waals surface area contributed by atoms with Gasteiger partial charge in [0.2, 0.25) is 0 Å². The Labute approximate surface area is 103 Å². The highest BCUT2D eigenvalue weighted by molar-refractivity contribution is 5.40. The monoisotopic (exact) mass is 250 g/mol. The van der Waals surface area contributed by atoms with Crippen LogP contribution in [0.15, 0.2) is 42.5 Å². The Morgan fingerprint density at radius 1 is 0.944 bits per heavy atom. The second-order valence-corrected chi connectivity index (χ2v) is 3.86. The molecule has 2 aromatic carbocycles. The molecule has 0 heterocycles. The predicted octanol–water partition coefficient (Wildman–Crippen LogP) is 3.81. The van der Waals surface area contributed by atoms with Gasteiger partial charge < -0.3 is 9.84 Å². The van der Waals surface area contributed by atoms with Crippen LogP contribution in [0.3, 0.4) is 0 Å². The third-order valence-corrected chi connectivity index (χ3v) is 2.49. The second-order valence-electron chi connectivity index (χ2n) is 3.86. The van der Waals surface area contributed by atoms with Crippen molar-refractivity contribution in [2.75, 3.05) is 0 Å². The number of para-hydroxylation sites is 1. The van der Waals surface area contributed by atoms with Crippen LogP contribution in [0.4, 0.5) is 8.78 Å². The van der Waals surface area contributed by atoms with E-state index in [1.54, 1.807) is 6.07 Å². The summed E-state index contributed by atoms with van der Waals surface area (Å²) in [4.78, 5) is 0.